The Morgan fingerprint density at radius 2 is 2.00 bits per heavy atom. The van der Waals surface area contributed by atoms with Gasteiger partial charge < -0.3 is 20.3 Å². The van der Waals surface area contributed by atoms with Crippen LogP contribution in [0.15, 0.2) is 0 Å². The number of nitrogens with zero attached hydrogens (tertiary/aromatic N) is 1. The van der Waals surface area contributed by atoms with Crippen LogP contribution in [0, 0.1) is 0 Å². The van der Waals surface area contributed by atoms with Gasteiger partial charge in [-0.1, -0.05) is 0 Å². The number of likely N-dealkylation sites (N-methyl/N-ethyl adjacent to an activating group) is 1. The van der Waals surface area contributed by atoms with Crippen molar-refractivity contribution in [1.82, 2.24) is 15.5 Å². The first-order valence-corrected chi connectivity index (χ1v) is 8.05. The van der Waals surface area contributed by atoms with Crippen molar-refractivity contribution in [3.63, 3.8) is 0 Å². The lowest BCUT2D eigenvalue weighted by Crippen LogP contribution is -2.51. The molecule has 6 heteroatoms. The highest BCUT2D eigenvalue weighted by Crippen LogP contribution is 2.18. The summed E-state index contributed by atoms with van der Waals surface area (Å²) < 4.78 is 5.78. The fourth-order valence-corrected chi connectivity index (χ4v) is 3.09. The number of piperidine rings is 2. The average molecular weight is 297 g/mol. The number of rotatable bonds is 5. The van der Waals surface area contributed by atoms with Crippen molar-refractivity contribution in [2.24, 2.45) is 0 Å². The zero-order chi connectivity index (χ0) is 15.1. The molecule has 2 heterocycles. The van der Waals surface area contributed by atoms with E-state index in [9.17, 15) is 9.59 Å². The van der Waals surface area contributed by atoms with E-state index in [1.165, 1.54) is 0 Å². The monoisotopic (exact) mass is 297 g/mol. The quantitative estimate of drug-likeness (QED) is 0.764. The van der Waals surface area contributed by atoms with E-state index in [0.29, 0.717) is 19.6 Å². The maximum Gasteiger partial charge on any atom is 0.242 e. The molecule has 2 amide bonds. The standard InChI is InChI=1S/C15H27N3O3/c1-16-15(20)13-4-2-3-10-18(13)14(19)7-11-21-12-5-8-17-9-6-12/h12-13,17H,2-11H2,1H3,(H,16,20). The average Bonchev–Trinajstić information content (AvgIpc) is 2.55. The fraction of sp³-hybridized carbons (Fsp3) is 0.867. The molecule has 2 saturated heterocycles. The Morgan fingerprint density at radius 1 is 1.24 bits per heavy atom. The molecule has 0 bridgehead atoms. The van der Waals surface area contributed by atoms with Crippen molar-refractivity contribution in [2.75, 3.05) is 33.3 Å². The van der Waals surface area contributed by atoms with E-state index in [2.05, 4.69) is 10.6 Å². The van der Waals surface area contributed by atoms with Crippen LogP contribution in [0.3, 0.4) is 0 Å². The lowest BCUT2D eigenvalue weighted by Gasteiger charge is -2.34. The van der Waals surface area contributed by atoms with E-state index in [1.807, 2.05) is 0 Å². The Labute approximate surface area is 126 Å². The third-order valence-electron chi connectivity index (χ3n) is 4.33. The van der Waals surface area contributed by atoms with Crippen LogP contribution >= 0.6 is 0 Å². The molecule has 120 valence electrons. The van der Waals surface area contributed by atoms with Crippen LogP contribution in [0.5, 0.6) is 0 Å². The van der Waals surface area contributed by atoms with Gasteiger partial charge >= 0.3 is 0 Å². The Bertz CT molecular complexity index is 356. The van der Waals surface area contributed by atoms with Crippen molar-refractivity contribution in [3.05, 3.63) is 0 Å². The topological polar surface area (TPSA) is 70.7 Å². The van der Waals surface area contributed by atoms with Crippen molar-refractivity contribution < 1.29 is 14.3 Å². The maximum absolute atomic E-state index is 12.3. The highest BCUT2D eigenvalue weighted by atomic mass is 16.5. The van der Waals surface area contributed by atoms with Crippen molar-refractivity contribution in [1.29, 1.82) is 0 Å². The second-order valence-electron chi connectivity index (χ2n) is 5.78. The van der Waals surface area contributed by atoms with Gasteiger partial charge in [-0.15, -0.1) is 0 Å². The third-order valence-corrected chi connectivity index (χ3v) is 4.33. The summed E-state index contributed by atoms with van der Waals surface area (Å²) in [6.45, 7) is 3.12. The Morgan fingerprint density at radius 3 is 2.71 bits per heavy atom. The van der Waals surface area contributed by atoms with Crippen LogP contribution < -0.4 is 10.6 Å². The summed E-state index contributed by atoms with van der Waals surface area (Å²) >= 11 is 0. The SMILES string of the molecule is CNC(=O)C1CCCCN1C(=O)CCOC1CCNCC1. The number of amides is 2. The predicted molar refractivity (Wildman–Crippen MR) is 79.9 cm³/mol. The van der Waals surface area contributed by atoms with Crippen molar-refractivity contribution in [3.8, 4) is 0 Å². The number of hydrogen-bond donors (Lipinski definition) is 2. The molecule has 2 rings (SSSR count). The van der Waals surface area contributed by atoms with Gasteiger partial charge in [-0.25, -0.2) is 0 Å². The Hall–Kier alpha value is -1.14. The van der Waals surface area contributed by atoms with Gasteiger partial charge in [0.25, 0.3) is 0 Å². The summed E-state index contributed by atoms with van der Waals surface area (Å²) in [5.41, 5.74) is 0. The molecule has 0 saturated carbocycles. The molecule has 6 nitrogen and oxygen atoms in total. The van der Waals surface area contributed by atoms with Crippen LogP contribution in [-0.4, -0.2) is 62.1 Å². The number of ether oxygens (including phenoxy) is 1. The molecule has 0 aliphatic carbocycles. The van der Waals surface area contributed by atoms with E-state index >= 15 is 0 Å². The normalized spacial score (nSPS) is 23.9. The molecule has 0 radical (unpaired) electrons. The number of carbonyl (C=O) groups is 2. The summed E-state index contributed by atoms with van der Waals surface area (Å²) in [5.74, 6) is -0.0143. The Balaban J connectivity index is 1.76. The molecule has 1 unspecified atom stereocenters. The number of likely N-dealkylation sites (tertiary alicyclic amines) is 1. The van der Waals surface area contributed by atoms with Gasteiger partial charge in [-0.2, -0.15) is 0 Å². The fourth-order valence-electron chi connectivity index (χ4n) is 3.09. The van der Waals surface area contributed by atoms with E-state index in [4.69, 9.17) is 4.74 Å². The summed E-state index contributed by atoms with van der Waals surface area (Å²) in [7, 11) is 1.62. The van der Waals surface area contributed by atoms with Crippen molar-refractivity contribution in [2.45, 2.75) is 50.7 Å². The van der Waals surface area contributed by atoms with Gasteiger partial charge in [0, 0.05) is 13.6 Å². The molecular formula is C15H27N3O3. The molecule has 1 atom stereocenters. The van der Waals surface area contributed by atoms with Gasteiger partial charge in [0.2, 0.25) is 11.8 Å². The Kier molecular flexibility index (Phi) is 6.45. The van der Waals surface area contributed by atoms with Crippen LogP contribution in [0.1, 0.15) is 38.5 Å². The van der Waals surface area contributed by atoms with Gasteiger partial charge in [0.15, 0.2) is 0 Å². The number of nitrogens with one attached hydrogen (secondary N) is 2. The van der Waals surface area contributed by atoms with Gasteiger partial charge in [0.1, 0.15) is 6.04 Å². The molecule has 2 aliphatic heterocycles. The minimum atomic E-state index is -0.296. The second-order valence-corrected chi connectivity index (χ2v) is 5.78. The molecule has 2 fully saturated rings. The highest BCUT2D eigenvalue weighted by Gasteiger charge is 2.31. The third kappa shape index (κ3) is 4.68. The molecule has 0 spiro atoms. The number of carbonyl (C=O) groups excluding carboxylic acids is 2. The lowest BCUT2D eigenvalue weighted by atomic mass is 10.0. The van der Waals surface area contributed by atoms with Crippen LogP contribution in [-0.2, 0) is 14.3 Å². The van der Waals surface area contributed by atoms with Crippen molar-refractivity contribution >= 4 is 11.8 Å². The molecule has 0 aromatic heterocycles. The van der Waals surface area contributed by atoms with Gasteiger partial charge in [-0.3, -0.25) is 9.59 Å². The maximum atomic E-state index is 12.3. The summed E-state index contributed by atoms with van der Waals surface area (Å²) in [6, 6.07) is -0.296. The first-order valence-electron chi connectivity index (χ1n) is 8.05. The minimum Gasteiger partial charge on any atom is -0.378 e. The summed E-state index contributed by atoms with van der Waals surface area (Å²) in [5, 5.41) is 5.95. The second kappa shape index (κ2) is 8.34. The van der Waals surface area contributed by atoms with Gasteiger partial charge in [-0.05, 0) is 45.2 Å². The molecule has 0 aromatic rings. The smallest absolute Gasteiger partial charge is 0.242 e. The molecule has 21 heavy (non-hydrogen) atoms. The molecule has 2 aliphatic rings. The zero-order valence-electron chi connectivity index (χ0n) is 12.9. The zero-order valence-corrected chi connectivity index (χ0v) is 12.9. The van der Waals surface area contributed by atoms with Crippen LogP contribution in [0.4, 0.5) is 0 Å². The van der Waals surface area contributed by atoms with Crippen LogP contribution in [0.2, 0.25) is 0 Å². The molecule has 2 N–H and O–H groups in total. The summed E-state index contributed by atoms with van der Waals surface area (Å²) in [6.07, 6.45) is 5.42. The largest absolute Gasteiger partial charge is 0.378 e. The minimum absolute atomic E-state index is 0.0391. The number of hydrogen-bond acceptors (Lipinski definition) is 4. The molecular weight excluding hydrogens is 270 g/mol. The first-order chi connectivity index (χ1) is 10.2. The first kappa shape index (κ1) is 16.2. The van der Waals surface area contributed by atoms with E-state index in [1.54, 1.807) is 11.9 Å². The highest BCUT2D eigenvalue weighted by molar-refractivity contribution is 5.87. The van der Waals surface area contributed by atoms with Gasteiger partial charge in [0.05, 0.1) is 19.1 Å². The molecule has 0 aromatic carbocycles. The lowest BCUT2D eigenvalue weighted by molar-refractivity contribution is -0.143. The summed E-state index contributed by atoms with van der Waals surface area (Å²) in [4.78, 5) is 25.9. The van der Waals surface area contributed by atoms with E-state index < -0.39 is 0 Å². The predicted octanol–water partition coefficient (Wildman–Crippen LogP) is 0.272. The van der Waals surface area contributed by atoms with E-state index in [0.717, 1.165) is 45.2 Å². The van der Waals surface area contributed by atoms with Crippen LogP contribution in [0.25, 0.3) is 0 Å². The van der Waals surface area contributed by atoms with E-state index in [-0.39, 0.29) is 24.0 Å².